The third-order valence-electron chi connectivity index (χ3n) is 4.69. The number of imidazole rings is 1. The van der Waals surface area contributed by atoms with Crippen molar-refractivity contribution in [2.24, 2.45) is 0 Å². The Balaban J connectivity index is 1.68. The molecule has 1 aromatic carbocycles. The molecule has 0 atom stereocenters. The molecule has 0 radical (unpaired) electrons. The molecule has 0 aliphatic rings. The molecular formula is C24H24ClN5O3. The van der Waals surface area contributed by atoms with Crippen molar-refractivity contribution in [1.29, 1.82) is 0 Å². The number of nitrogens with zero attached hydrogens (tertiary/aromatic N) is 4. The molecule has 3 heterocycles. The molecular weight excluding hydrogens is 442 g/mol. The van der Waals surface area contributed by atoms with E-state index in [-0.39, 0.29) is 5.69 Å². The average Bonchev–Trinajstić information content (AvgIpc) is 3.12. The van der Waals surface area contributed by atoms with Gasteiger partial charge in [0.25, 0.3) is 0 Å². The fourth-order valence-electron chi connectivity index (χ4n) is 3.38. The van der Waals surface area contributed by atoms with Crippen LogP contribution in [0.1, 0.15) is 37.0 Å². The zero-order valence-corrected chi connectivity index (χ0v) is 19.8. The van der Waals surface area contributed by atoms with Gasteiger partial charge >= 0.3 is 5.97 Å². The van der Waals surface area contributed by atoms with Crippen LogP contribution >= 0.6 is 11.6 Å². The number of methoxy groups -OCH3 is 1. The number of anilines is 2. The number of pyridine rings is 1. The number of esters is 1. The van der Waals surface area contributed by atoms with Crippen molar-refractivity contribution in [3.8, 4) is 16.9 Å². The van der Waals surface area contributed by atoms with Crippen LogP contribution in [-0.2, 0) is 4.74 Å². The lowest BCUT2D eigenvalue weighted by Gasteiger charge is -2.19. The van der Waals surface area contributed by atoms with E-state index in [0.717, 1.165) is 22.5 Å². The molecule has 8 nitrogen and oxygen atoms in total. The monoisotopic (exact) mass is 465 g/mol. The second-order valence-electron chi connectivity index (χ2n) is 8.48. The van der Waals surface area contributed by atoms with E-state index < -0.39 is 11.6 Å². The second-order valence-corrected chi connectivity index (χ2v) is 8.86. The van der Waals surface area contributed by atoms with Gasteiger partial charge in [-0.3, -0.25) is 0 Å². The Kier molecular flexibility index (Phi) is 5.95. The number of carbonyl (C=O) groups is 1. The lowest BCUT2D eigenvalue weighted by atomic mass is 10.0. The number of fused-ring (bicyclic) bond motifs is 1. The largest absolute Gasteiger partial charge is 0.494 e. The standard InChI is InChI=1S/C24H24ClN5O3/c1-14-13-30-22(27-14)19(11-20(25)29-30)28-17-8-6-7-16(21(17)32-5)15-9-10-18(26-12-15)23(31)33-24(2,3)4/h6-13,28H,1-5H3. The molecule has 1 N–H and O–H groups in total. The molecule has 0 aliphatic carbocycles. The number of nitrogens with one attached hydrogen (secondary N) is 1. The fourth-order valence-corrected chi connectivity index (χ4v) is 3.58. The number of hydrogen-bond donors (Lipinski definition) is 1. The minimum Gasteiger partial charge on any atom is -0.494 e. The molecule has 0 saturated carbocycles. The molecule has 0 bridgehead atoms. The normalized spacial score (nSPS) is 11.5. The van der Waals surface area contributed by atoms with Gasteiger partial charge in [0.2, 0.25) is 0 Å². The third kappa shape index (κ3) is 4.90. The molecule has 0 saturated heterocycles. The topological polar surface area (TPSA) is 90.6 Å². The maximum absolute atomic E-state index is 12.3. The van der Waals surface area contributed by atoms with E-state index in [1.165, 1.54) is 0 Å². The van der Waals surface area contributed by atoms with Crippen molar-refractivity contribution in [2.45, 2.75) is 33.3 Å². The summed E-state index contributed by atoms with van der Waals surface area (Å²) in [5.41, 5.74) is 4.13. The highest BCUT2D eigenvalue weighted by Crippen LogP contribution is 2.38. The summed E-state index contributed by atoms with van der Waals surface area (Å²) >= 11 is 6.20. The van der Waals surface area contributed by atoms with Gasteiger partial charge in [0.05, 0.1) is 30.4 Å². The third-order valence-corrected chi connectivity index (χ3v) is 4.87. The molecule has 3 aromatic heterocycles. The highest BCUT2D eigenvalue weighted by molar-refractivity contribution is 6.29. The lowest BCUT2D eigenvalue weighted by Crippen LogP contribution is -2.24. The van der Waals surface area contributed by atoms with E-state index in [2.05, 4.69) is 20.4 Å². The Morgan fingerprint density at radius 3 is 2.61 bits per heavy atom. The summed E-state index contributed by atoms with van der Waals surface area (Å²) in [6.07, 6.45) is 3.43. The first-order valence-corrected chi connectivity index (χ1v) is 10.7. The summed E-state index contributed by atoms with van der Waals surface area (Å²) in [5, 5.41) is 7.94. The van der Waals surface area contributed by atoms with E-state index in [1.54, 1.807) is 36.2 Å². The van der Waals surface area contributed by atoms with Gasteiger partial charge in [0.1, 0.15) is 17.0 Å². The van der Waals surface area contributed by atoms with E-state index >= 15 is 0 Å². The number of para-hydroxylation sites is 1. The number of carbonyl (C=O) groups excluding carboxylic acids is 1. The first kappa shape index (κ1) is 22.5. The summed E-state index contributed by atoms with van der Waals surface area (Å²) in [4.78, 5) is 21.1. The molecule has 9 heteroatoms. The smallest absolute Gasteiger partial charge is 0.357 e. The number of halogens is 1. The molecule has 33 heavy (non-hydrogen) atoms. The lowest BCUT2D eigenvalue weighted by molar-refractivity contribution is 0.00629. The Hall–Kier alpha value is -3.65. The molecule has 0 spiro atoms. The van der Waals surface area contributed by atoms with Crippen LogP contribution in [-0.4, -0.2) is 38.3 Å². The Morgan fingerprint density at radius 2 is 1.94 bits per heavy atom. The fraction of sp³-hybridized carbons (Fsp3) is 0.250. The highest BCUT2D eigenvalue weighted by atomic mass is 35.5. The van der Waals surface area contributed by atoms with E-state index in [0.29, 0.717) is 22.2 Å². The van der Waals surface area contributed by atoms with Crippen LogP contribution in [0.2, 0.25) is 5.15 Å². The minimum absolute atomic E-state index is 0.241. The van der Waals surface area contributed by atoms with Crippen LogP contribution in [0.5, 0.6) is 5.75 Å². The van der Waals surface area contributed by atoms with Crippen LogP contribution in [0, 0.1) is 6.92 Å². The van der Waals surface area contributed by atoms with E-state index in [1.807, 2.05) is 52.0 Å². The van der Waals surface area contributed by atoms with Crippen molar-refractivity contribution in [2.75, 3.05) is 12.4 Å². The van der Waals surface area contributed by atoms with Crippen LogP contribution in [0.3, 0.4) is 0 Å². The highest BCUT2D eigenvalue weighted by Gasteiger charge is 2.20. The van der Waals surface area contributed by atoms with Gasteiger partial charge in [-0.15, -0.1) is 0 Å². The van der Waals surface area contributed by atoms with Gasteiger partial charge in [-0.2, -0.15) is 5.10 Å². The predicted octanol–water partition coefficient (Wildman–Crippen LogP) is 5.46. The average molecular weight is 466 g/mol. The van der Waals surface area contributed by atoms with Crippen LogP contribution in [0.25, 0.3) is 16.8 Å². The number of aryl methyl sites for hydroxylation is 1. The molecule has 0 fully saturated rings. The summed E-state index contributed by atoms with van der Waals surface area (Å²) in [7, 11) is 1.60. The molecule has 0 amide bonds. The zero-order valence-electron chi connectivity index (χ0n) is 19.0. The minimum atomic E-state index is -0.588. The predicted molar refractivity (Wildman–Crippen MR) is 127 cm³/mol. The molecule has 4 rings (SSSR count). The van der Waals surface area contributed by atoms with Gasteiger partial charge in [0, 0.05) is 23.4 Å². The number of benzene rings is 1. The maximum Gasteiger partial charge on any atom is 0.357 e. The van der Waals surface area contributed by atoms with Crippen LogP contribution < -0.4 is 10.1 Å². The summed E-state index contributed by atoms with van der Waals surface area (Å²) < 4.78 is 12.8. The van der Waals surface area contributed by atoms with Crippen LogP contribution in [0.4, 0.5) is 11.4 Å². The first-order valence-electron chi connectivity index (χ1n) is 10.3. The van der Waals surface area contributed by atoms with E-state index in [9.17, 15) is 4.79 Å². The van der Waals surface area contributed by atoms with Crippen molar-refractivity contribution < 1.29 is 14.3 Å². The SMILES string of the molecule is COc1c(Nc2cc(Cl)nn3cc(C)nc23)cccc1-c1ccc(C(=O)OC(C)(C)C)nc1. The second kappa shape index (κ2) is 8.71. The zero-order chi connectivity index (χ0) is 23.8. The Bertz CT molecular complexity index is 1330. The van der Waals surface area contributed by atoms with Gasteiger partial charge < -0.3 is 14.8 Å². The van der Waals surface area contributed by atoms with Crippen molar-refractivity contribution in [1.82, 2.24) is 19.6 Å². The number of hydrogen-bond acceptors (Lipinski definition) is 7. The first-order chi connectivity index (χ1) is 15.6. The molecule has 170 valence electrons. The number of aromatic nitrogens is 4. The summed E-state index contributed by atoms with van der Waals surface area (Å²) in [6.45, 7) is 7.34. The Labute approximate surface area is 196 Å². The number of rotatable bonds is 5. The van der Waals surface area contributed by atoms with Crippen LogP contribution in [0.15, 0.2) is 48.8 Å². The quantitative estimate of drug-likeness (QED) is 0.391. The van der Waals surface area contributed by atoms with Crippen molar-refractivity contribution in [3.05, 3.63) is 65.3 Å². The van der Waals surface area contributed by atoms with Gasteiger partial charge in [-0.1, -0.05) is 29.8 Å². The van der Waals surface area contributed by atoms with Gasteiger partial charge in [-0.05, 0) is 39.8 Å². The number of ether oxygens (including phenoxy) is 2. The van der Waals surface area contributed by atoms with Gasteiger partial charge in [0.15, 0.2) is 10.8 Å². The van der Waals surface area contributed by atoms with Crippen molar-refractivity contribution in [3.63, 3.8) is 0 Å². The summed E-state index contributed by atoms with van der Waals surface area (Å²) in [5.74, 6) is 0.142. The van der Waals surface area contributed by atoms with E-state index in [4.69, 9.17) is 21.1 Å². The maximum atomic E-state index is 12.3. The van der Waals surface area contributed by atoms with Crippen molar-refractivity contribution >= 4 is 34.6 Å². The Morgan fingerprint density at radius 1 is 1.15 bits per heavy atom. The molecule has 0 aliphatic heterocycles. The van der Waals surface area contributed by atoms with Gasteiger partial charge in [-0.25, -0.2) is 19.3 Å². The summed E-state index contributed by atoms with van der Waals surface area (Å²) in [6, 6.07) is 10.9. The molecule has 0 unspecified atom stereocenters. The molecule has 4 aromatic rings.